The number of allylic oxidation sites excluding steroid dienone is 1. The van der Waals surface area contributed by atoms with E-state index >= 15 is 0 Å². The van der Waals surface area contributed by atoms with Crippen LogP contribution in [0.5, 0.6) is 0 Å². The van der Waals surface area contributed by atoms with Crippen molar-refractivity contribution in [1.82, 2.24) is 0 Å². The van der Waals surface area contributed by atoms with Gasteiger partial charge in [-0.3, -0.25) is 0 Å². The molecule has 0 aromatic heterocycles. The zero-order chi connectivity index (χ0) is 6.43. The predicted molar refractivity (Wildman–Crippen MR) is 37.9 cm³/mol. The molecule has 0 saturated heterocycles. The van der Waals surface area contributed by atoms with E-state index in [0.29, 0.717) is 12.0 Å². The van der Waals surface area contributed by atoms with Crippen LogP contribution in [0.1, 0.15) is 13.3 Å². The van der Waals surface area contributed by atoms with Gasteiger partial charge in [0, 0.05) is 6.04 Å². The topological polar surface area (TPSA) is 26.0 Å². The van der Waals surface area contributed by atoms with Crippen molar-refractivity contribution in [3.05, 3.63) is 12.2 Å². The van der Waals surface area contributed by atoms with Crippen molar-refractivity contribution in [2.24, 2.45) is 23.5 Å². The summed E-state index contributed by atoms with van der Waals surface area (Å²) in [6, 6.07) is 0.458. The molecule has 1 heteroatoms. The minimum absolute atomic E-state index is 0.458. The fraction of sp³-hybridized carbons (Fsp3) is 0.750. The minimum atomic E-state index is 0.458. The first-order valence-electron chi connectivity index (χ1n) is 3.73. The first kappa shape index (κ1) is 5.48. The summed E-state index contributed by atoms with van der Waals surface area (Å²) in [6.45, 7) is 2.26. The largest absolute Gasteiger partial charge is 0.327 e. The summed E-state index contributed by atoms with van der Waals surface area (Å²) in [5.41, 5.74) is 5.91. The molecule has 1 fully saturated rings. The highest BCUT2D eigenvalue weighted by Gasteiger charge is 2.39. The Morgan fingerprint density at radius 1 is 1.33 bits per heavy atom. The molecular formula is C8H13N. The van der Waals surface area contributed by atoms with Gasteiger partial charge in [0.15, 0.2) is 0 Å². The van der Waals surface area contributed by atoms with E-state index in [4.69, 9.17) is 5.73 Å². The minimum Gasteiger partial charge on any atom is -0.327 e. The molecule has 2 N–H and O–H groups in total. The van der Waals surface area contributed by atoms with E-state index in [2.05, 4.69) is 19.1 Å². The Kier molecular flexibility index (Phi) is 0.974. The van der Waals surface area contributed by atoms with Crippen LogP contribution in [0.25, 0.3) is 0 Å². The third kappa shape index (κ3) is 0.584. The van der Waals surface area contributed by atoms with Crippen LogP contribution in [0.3, 0.4) is 0 Å². The summed E-state index contributed by atoms with van der Waals surface area (Å²) in [5, 5.41) is 0. The van der Waals surface area contributed by atoms with Gasteiger partial charge in [0.2, 0.25) is 0 Å². The van der Waals surface area contributed by atoms with Gasteiger partial charge in [0.25, 0.3) is 0 Å². The van der Waals surface area contributed by atoms with Gasteiger partial charge in [-0.25, -0.2) is 0 Å². The van der Waals surface area contributed by atoms with Crippen LogP contribution in [-0.4, -0.2) is 6.04 Å². The van der Waals surface area contributed by atoms with E-state index < -0.39 is 0 Å². The smallest absolute Gasteiger partial charge is 0.0134 e. The number of rotatable bonds is 0. The molecule has 0 radical (unpaired) electrons. The normalized spacial score (nSPS) is 54.9. The lowest BCUT2D eigenvalue weighted by Crippen LogP contribution is -2.31. The fourth-order valence-electron chi connectivity index (χ4n) is 2.11. The van der Waals surface area contributed by atoms with Crippen molar-refractivity contribution in [2.75, 3.05) is 0 Å². The van der Waals surface area contributed by atoms with Crippen molar-refractivity contribution in [3.63, 3.8) is 0 Å². The number of hydrogen-bond acceptors (Lipinski definition) is 1. The lowest BCUT2D eigenvalue weighted by atomic mass is 9.92. The average Bonchev–Trinajstić information content (AvgIpc) is 2.37. The van der Waals surface area contributed by atoms with Crippen LogP contribution in [-0.2, 0) is 0 Å². The molecule has 0 aromatic carbocycles. The van der Waals surface area contributed by atoms with Gasteiger partial charge in [-0.1, -0.05) is 19.1 Å². The molecular weight excluding hydrogens is 110 g/mol. The summed E-state index contributed by atoms with van der Waals surface area (Å²) in [7, 11) is 0. The SMILES string of the molecule is CC1C2C=CC(C2)C1N. The number of fused-ring (bicyclic) bond motifs is 2. The van der Waals surface area contributed by atoms with Crippen LogP contribution in [0.2, 0.25) is 0 Å². The quantitative estimate of drug-likeness (QED) is 0.480. The predicted octanol–water partition coefficient (Wildman–Crippen LogP) is 1.16. The third-order valence-electron chi connectivity index (χ3n) is 2.93. The van der Waals surface area contributed by atoms with Crippen molar-refractivity contribution in [2.45, 2.75) is 19.4 Å². The fourth-order valence-corrected chi connectivity index (χ4v) is 2.11. The summed E-state index contributed by atoms with van der Waals surface area (Å²) in [5.74, 6) is 2.26. The van der Waals surface area contributed by atoms with Crippen LogP contribution < -0.4 is 5.73 Å². The zero-order valence-corrected chi connectivity index (χ0v) is 5.75. The van der Waals surface area contributed by atoms with E-state index in [0.717, 1.165) is 11.8 Å². The molecule has 1 nitrogen and oxygen atoms in total. The van der Waals surface area contributed by atoms with Crippen LogP contribution in [0.4, 0.5) is 0 Å². The van der Waals surface area contributed by atoms with E-state index in [9.17, 15) is 0 Å². The van der Waals surface area contributed by atoms with Crippen LogP contribution >= 0.6 is 0 Å². The highest BCUT2D eigenvalue weighted by Crippen LogP contribution is 2.41. The molecule has 0 spiro atoms. The molecule has 0 aromatic rings. The number of nitrogens with two attached hydrogens (primary N) is 1. The molecule has 0 amide bonds. The monoisotopic (exact) mass is 123 g/mol. The van der Waals surface area contributed by atoms with Crippen molar-refractivity contribution in [3.8, 4) is 0 Å². The zero-order valence-electron chi connectivity index (χ0n) is 5.75. The Morgan fingerprint density at radius 2 is 2.00 bits per heavy atom. The van der Waals surface area contributed by atoms with Crippen LogP contribution in [0, 0.1) is 17.8 Å². The molecule has 50 valence electrons. The maximum absolute atomic E-state index is 5.91. The summed E-state index contributed by atoms with van der Waals surface area (Å²) >= 11 is 0. The second kappa shape index (κ2) is 1.60. The Bertz CT molecular complexity index is 135. The standard InChI is InChI=1S/C8H13N/c1-5-6-2-3-7(4-6)8(5)9/h2-3,5-8H,4,9H2,1H3. The molecule has 0 heterocycles. The maximum atomic E-state index is 5.91. The van der Waals surface area contributed by atoms with Crippen molar-refractivity contribution >= 4 is 0 Å². The molecule has 2 rings (SSSR count). The summed E-state index contributed by atoms with van der Waals surface area (Å²) < 4.78 is 0. The average molecular weight is 123 g/mol. The molecule has 4 unspecified atom stereocenters. The molecule has 2 aliphatic carbocycles. The van der Waals surface area contributed by atoms with Crippen molar-refractivity contribution < 1.29 is 0 Å². The van der Waals surface area contributed by atoms with E-state index in [1.165, 1.54) is 6.42 Å². The van der Waals surface area contributed by atoms with E-state index in [1.807, 2.05) is 0 Å². The molecule has 1 saturated carbocycles. The molecule has 4 atom stereocenters. The molecule has 2 aliphatic rings. The first-order valence-corrected chi connectivity index (χ1v) is 3.73. The Balaban J connectivity index is 2.26. The van der Waals surface area contributed by atoms with Gasteiger partial charge in [-0.05, 0) is 24.2 Å². The van der Waals surface area contributed by atoms with Gasteiger partial charge in [-0.15, -0.1) is 0 Å². The Labute approximate surface area is 55.9 Å². The van der Waals surface area contributed by atoms with E-state index in [-0.39, 0.29) is 0 Å². The maximum Gasteiger partial charge on any atom is 0.0134 e. The molecule has 2 bridgehead atoms. The summed E-state index contributed by atoms with van der Waals surface area (Å²) in [6.07, 6.45) is 5.94. The molecule has 9 heavy (non-hydrogen) atoms. The van der Waals surface area contributed by atoms with Crippen molar-refractivity contribution in [1.29, 1.82) is 0 Å². The van der Waals surface area contributed by atoms with Gasteiger partial charge in [-0.2, -0.15) is 0 Å². The highest BCUT2D eigenvalue weighted by atomic mass is 14.7. The van der Waals surface area contributed by atoms with E-state index in [1.54, 1.807) is 0 Å². The first-order chi connectivity index (χ1) is 4.29. The second-order valence-corrected chi connectivity index (χ2v) is 3.38. The number of hydrogen-bond donors (Lipinski definition) is 1. The highest BCUT2D eigenvalue weighted by molar-refractivity contribution is 5.14. The third-order valence-corrected chi connectivity index (χ3v) is 2.93. The van der Waals surface area contributed by atoms with Gasteiger partial charge in [0.1, 0.15) is 0 Å². The summed E-state index contributed by atoms with van der Waals surface area (Å²) in [4.78, 5) is 0. The second-order valence-electron chi connectivity index (χ2n) is 3.38. The van der Waals surface area contributed by atoms with Gasteiger partial charge >= 0.3 is 0 Å². The lowest BCUT2D eigenvalue weighted by molar-refractivity contribution is 0.429. The van der Waals surface area contributed by atoms with Crippen LogP contribution in [0.15, 0.2) is 12.2 Å². The van der Waals surface area contributed by atoms with Gasteiger partial charge in [0.05, 0.1) is 0 Å². The lowest BCUT2D eigenvalue weighted by Gasteiger charge is -2.19. The molecule has 0 aliphatic heterocycles. The Morgan fingerprint density at radius 3 is 2.33 bits per heavy atom. The Hall–Kier alpha value is -0.300. The van der Waals surface area contributed by atoms with Gasteiger partial charge < -0.3 is 5.73 Å².